The van der Waals surface area contributed by atoms with Crippen LogP contribution in [0.2, 0.25) is 0 Å². The van der Waals surface area contributed by atoms with Crippen LogP contribution in [0.5, 0.6) is 5.75 Å². The smallest absolute Gasteiger partial charge is 0.258 e. The summed E-state index contributed by atoms with van der Waals surface area (Å²) < 4.78 is 11.3. The maximum absolute atomic E-state index is 12.4. The lowest BCUT2D eigenvalue weighted by molar-refractivity contribution is 0.102. The van der Waals surface area contributed by atoms with Gasteiger partial charge in [-0.1, -0.05) is 0 Å². The fraction of sp³-hybridized carbons (Fsp3) is 0.450. The normalized spacial score (nSPS) is 17.7. The number of anilines is 2. The third-order valence-electron chi connectivity index (χ3n) is 4.91. The largest absolute Gasteiger partial charge is 0.490 e. The zero-order valence-corrected chi connectivity index (χ0v) is 15.3. The van der Waals surface area contributed by atoms with Gasteiger partial charge in [-0.2, -0.15) is 0 Å². The molecule has 0 spiro atoms. The molecule has 2 aliphatic rings. The molecule has 0 bridgehead atoms. The average Bonchev–Trinajstić information content (AvgIpc) is 3.23. The van der Waals surface area contributed by atoms with Crippen molar-refractivity contribution in [2.45, 2.75) is 31.8 Å². The summed E-state index contributed by atoms with van der Waals surface area (Å²) in [6.07, 6.45) is 8.18. The summed E-state index contributed by atoms with van der Waals surface area (Å²) >= 11 is 0. The first kappa shape index (κ1) is 17.7. The molecular formula is C20H24N4O3. The summed E-state index contributed by atoms with van der Waals surface area (Å²) in [5.74, 6) is 1.24. The topological polar surface area (TPSA) is 76.6 Å². The number of hydrogen-bond donors (Lipinski definition) is 1. The number of carbonyl (C=O) groups excluding carboxylic acids is 1. The Morgan fingerprint density at radius 2 is 1.74 bits per heavy atom. The van der Waals surface area contributed by atoms with Crippen LogP contribution in [0.4, 0.5) is 11.6 Å². The second-order valence-electron chi connectivity index (χ2n) is 6.87. The molecule has 2 aromatic rings. The minimum absolute atomic E-state index is 0.229. The zero-order chi connectivity index (χ0) is 18.5. The van der Waals surface area contributed by atoms with E-state index in [0.717, 1.165) is 37.4 Å². The van der Waals surface area contributed by atoms with Gasteiger partial charge in [-0.05, 0) is 49.9 Å². The summed E-state index contributed by atoms with van der Waals surface area (Å²) in [6, 6.07) is 7.49. The number of amides is 1. The van der Waals surface area contributed by atoms with Gasteiger partial charge in [0.1, 0.15) is 5.75 Å². The molecule has 27 heavy (non-hydrogen) atoms. The first-order chi connectivity index (χ1) is 13.3. The van der Waals surface area contributed by atoms with Gasteiger partial charge < -0.3 is 19.7 Å². The Morgan fingerprint density at radius 1 is 1.07 bits per heavy atom. The minimum Gasteiger partial charge on any atom is -0.490 e. The highest BCUT2D eigenvalue weighted by Gasteiger charge is 2.17. The summed E-state index contributed by atoms with van der Waals surface area (Å²) in [7, 11) is 0. The van der Waals surface area contributed by atoms with E-state index in [9.17, 15) is 4.79 Å². The van der Waals surface area contributed by atoms with E-state index in [-0.39, 0.29) is 5.91 Å². The molecule has 1 aliphatic heterocycles. The van der Waals surface area contributed by atoms with Gasteiger partial charge in [0.25, 0.3) is 5.91 Å². The molecule has 0 unspecified atom stereocenters. The van der Waals surface area contributed by atoms with Crippen molar-refractivity contribution in [1.29, 1.82) is 0 Å². The summed E-state index contributed by atoms with van der Waals surface area (Å²) in [5, 5.41) is 2.87. The van der Waals surface area contributed by atoms with E-state index in [4.69, 9.17) is 9.47 Å². The highest BCUT2D eigenvalue weighted by Crippen LogP contribution is 2.25. The highest BCUT2D eigenvalue weighted by molar-refractivity contribution is 6.03. The quantitative estimate of drug-likeness (QED) is 0.874. The molecule has 1 amide bonds. The van der Waals surface area contributed by atoms with E-state index in [0.29, 0.717) is 30.8 Å². The first-order valence-corrected chi connectivity index (χ1v) is 9.51. The SMILES string of the molecule is O=C(Nc1ccc(OC2CCCC2)cc1)c1cnc(N2CCOCC2)nc1. The number of morpholine rings is 1. The molecule has 1 aromatic heterocycles. The summed E-state index contributed by atoms with van der Waals surface area (Å²) in [6.45, 7) is 2.87. The molecule has 7 nitrogen and oxygen atoms in total. The van der Waals surface area contributed by atoms with Crippen molar-refractivity contribution in [1.82, 2.24) is 9.97 Å². The van der Waals surface area contributed by atoms with Gasteiger partial charge in [0.05, 0.1) is 24.9 Å². The van der Waals surface area contributed by atoms with Crippen LogP contribution in [-0.2, 0) is 4.74 Å². The van der Waals surface area contributed by atoms with Crippen molar-refractivity contribution in [3.63, 3.8) is 0 Å². The predicted molar refractivity (Wildman–Crippen MR) is 102 cm³/mol. The number of rotatable bonds is 5. The monoisotopic (exact) mass is 368 g/mol. The Labute approximate surface area is 158 Å². The maximum atomic E-state index is 12.4. The second kappa shape index (κ2) is 8.35. The Morgan fingerprint density at radius 3 is 2.41 bits per heavy atom. The van der Waals surface area contributed by atoms with Crippen molar-refractivity contribution in [3.05, 3.63) is 42.2 Å². The number of benzene rings is 1. The van der Waals surface area contributed by atoms with E-state index in [2.05, 4.69) is 15.3 Å². The van der Waals surface area contributed by atoms with Gasteiger partial charge in [0.2, 0.25) is 5.95 Å². The Balaban J connectivity index is 1.34. The van der Waals surface area contributed by atoms with Gasteiger partial charge in [-0.3, -0.25) is 4.79 Å². The molecular weight excluding hydrogens is 344 g/mol. The lowest BCUT2D eigenvalue weighted by Crippen LogP contribution is -2.37. The third kappa shape index (κ3) is 4.54. The number of nitrogens with zero attached hydrogens (tertiary/aromatic N) is 3. The molecule has 4 rings (SSSR count). The van der Waals surface area contributed by atoms with Crippen LogP contribution in [0.3, 0.4) is 0 Å². The van der Waals surface area contributed by atoms with E-state index >= 15 is 0 Å². The van der Waals surface area contributed by atoms with Crippen LogP contribution in [0.25, 0.3) is 0 Å². The molecule has 1 aliphatic carbocycles. The van der Waals surface area contributed by atoms with Crippen molar-refractivity contribution in [3.8, 4) is 5.75 Å². The van der Waals surface area contributed by atoms with E-state index in [1.807, 2.05) is 29.2 Å². The Kier molecular flexibility index (Phi) is 5.48. The molecule has 7 heteroatoms. The number of hydrogen-bond acceptors (Lipinski definition) is 6. The van der Waals surface area contributed by atoms with Crippen LogP contribution < -0.4 is 15.0 Å². The third-order valence-corrected chi connectivity index (χ3v) is 4.91. The van der Waals surface area contributed by atoms with E-state index < -0.39 is 0 Å². The Bertz CT molecular complexity index is 752. The van der Waals surface area contributed by atoms with Crippen LogP contribution in [0, 0.1) is 0 Å². The van der Waals surface area contributed by atoms with Gasteiger partial charge in [-0.15, -0.1) is 0 Å². The molecule has 1 saturated carbocycles. The lowest BCUT2D eigenvalue weighted by atomic mass is 10.2. The van der Waals surface area contributed by atoms with Gasteiger partial charge in [-0.25, -0.2) is 9.97 Å². The number of nitrogens with one attached hydrogen (secondary N) is 1. The molecule has 2 heterocycles. The average molecular weight is 368 g/mol. The van der Waals surface area contributed by atoms with Crippen LogP contribution in [0.15, 0.2) is 36.7 Å². The molecule has 0 atom stereocenters. The van der Waals surface area contributed by atoms with Gasteiger partial charge >= 0.3 is 0 Å². The van der Waals surface area contributed by atoms with Gasteiger partial charge in [0, 0.05) is 31.2 Å². The molecule has 0 radical (unpaired) electrons. The van der Waals surface area contributed by atoms with Gasteiger partial charge in [0.15, 0.2) is 0 Å². The number of ether oxygens (including phenoxy) is 2. The zero-order valence-electron chi connectivity index (χ0n) is 15.3. The van der Waals surface area contributed by atoms with Crippen LogP contribution in [-0.4, -0.2) is 48.3 Å². The predicted octanol–water partition coefficient (Wildman–Crippen LogP) is 2.89. The minimum atomic E-state index is -0.229. The van der Waals surface area contributed by atoms with E-state index in [1.54, 1.807) is 12.4 Å². The highest BCUT2D eigenvalue weighted by atomic mass is 16.5. The summed E-state index contributed by atoms with van der Waals surface area (Å²) in [4.78, 5) is 23.1. The van der Waals surface area contributed by atoms with Crippen LogP contribution >= 0.6 is 0 Å². The van der Waals surface area contributed by atoms with Crippen molar-refractivity contribution < 1.29 is 14.3 Å². The molecule has 1 saturated heterocycles. The molecule has 2 fully saturated rings. The van der Waals surface area contributed by atoms with Crippen molar-refractivity contribution in [2.24, 2.45) is 0 Å². The number of carbonyl (C=O) groups is 1. The fourth-order valence-corrected chi connectivity index (χ4v) is 3.38. The molecule has 1 N–H and O–H groups in total. The fourth-order valence-electron chi connectivity index (χ4n) is 3.38. The first-order valence-electron chi connectivity index (χ1n) is 9.51. The Hall–Kier alpha value is -2.67. The molecule has 142 valence electrons. The maximum Gasteiger partial charge on any atom is 0.258 e. The summed E-state index contributed by atoms with van der Waals surface area (Å²) in [5.41, 5.74) is 1.15. The van der Waals surface area contributed by atoms with Crippen molar-refractivity contribution in [2.75, 3.05) is 36.5 Å². The number of aromatic nitrogens is 2. The van der Waals surface area contributed by atoms with Crippen molar-refractivity contribution >= 4 is 17.5 Å². The van der Waals surface area contributed by atoms with E-state index in [1.165, 1.54) is 12.8 Å². The molecule has 1 aromatic carbocycles. The van der Waals surface area contributed by atoms with Crippen LogP contribution in [0.1, 0.15) is 36.0 Å². The lowest BCUT2D eigenvalue weighted by Gasteiger charge is -2.26. The second-order valence-corrected chi connectivity index (χ2v) is 6.87. The standard InChI is InChI=1S/C20H24N4O3/c25-19(15-13-21-20(22-14-15)24-9-11-26-12-10-24)23-16-5-7-18(8-6-16)27-17-3-1-2-4-17/h5-8,13-14,17H,1-4,9-12H2,(H,23,25).